The fourth-order valence-electron chi connectivity index (χ4n) is 18.9. The van der Waals surface area contributed by atoms with Crippen molar-refractivity contribution in [2.45, 2.75) is 30.1 Å². The van der Waals surface area contributed by atoms with Gasteiger partial charge in [0, 0.05) is 49.6 Å². The zero-order valence-corrected chi connectivity index (χ0v) is 52.7. The summed E-state index contributed by atoms with van der Waals surface area (Å²) in [6.45, 7) is 4.85. The van der Waals surface area contributed by atoms with Gasteiger partial charge in [0.25, 0.3) is 0 Å². The molecular formula is C93H57NO2. The third-order valence-corrected chi connectivity index (χ3v) is 22.9. The van der Waals surface area contributed by atoms with Crippen molar-refractivity contribution in [2.24, 2.45) is 0 Å². The van der Waals surface area contributed by atoms with Gasteiger partial charge in [-0.2, -0.15) is 0 Å². The van der Waals surface area contributed by atoms with Gasteiger partial charge in [-0.25, -0.2) is 0 Å². The first-order valence-corrected chi connectivity index (χ1v) is 33.6. The molecule has 5 aliphatic rings. The highest BCUT2D eigenvalue weighted by molar-refractivity contribution is 6.20. The lowest BCUT2D eigenvalue weighted by Gasteiger charge is -2.33. The largest absolute Gasteiger partial charge is 0.456 e. The lowest BCUT2D eigenvalue weighted by Crippen LogP contribution is -2.27. The zero-order chi connectivity index (χ0) is 62.9. The third kappa shape index (κ3) is 6.52. The number of furan rings is 2. The van der Waals surface area contributed by atoms with Crippen LogP contribution < -0.4 is 4.90 Å². The summed E-state index contributed by atoms with van der Waals surface area (Å²) in [6.07, 6.45) is 0. The van der Waals surface area contributed by atoms with Gasteiger partial charge >= 0.3 is 0 Å². The highest BCUT2D eigenvalue weighted by atomic mass is 16.3. The van der Waals surface area contributed by atoms with E-state index in [1.807, 2.05) is 0 Å². The molecular weight excluding hydrogens is 1160 g/mol. The highest BCUT2D eigenvalue weighted by Crippen LogP contribution is 2.70. The predicted molar refractivity (Wildman–Crippen MR) is 394 cm³/mol. The minimum atomic E-state index is -0.692. The standard InChI is InChI=1S/C93H57NO2/c1-91(2)78-49-60(43-45-67(78)86-82(91)51-70(58-37-36-55-22-6-7-23-57(55)48-58)90-89(86)69-29-13-19-35-84(69)96-90)94(59-40-38-56(39-41-59)54-20-4-3-5-21-54)61-42-44-66-71-52-81-72(53-80(71)93(79(66)50-61)75-32-16-10-26-64(75)65-27-11-17-33-76(65)93)87-77(46-47-85-88(87)68-28-12-18-34-83(68)95-85)92(81)73-30-14-8-24-62(73)63-25-9-15-31-74(63)92/h3-53H,1-2H3. The molecule has 5 aliphatic carbocycles. The van der Waals surface area contributed by atoms with Crippen LogP contribution in [0.4, 0.5) is 17.1 Å². The Hall–Kier alpha value is -12.0. The van der Waals surface area contributed by atoms with Crippen molar-refractivity contribution in [1.29, 1.82) is 0 Å². The maximum absolute atomic E-state index is 7.03. The minimum Gasteiger partial charge on any atom is -0.456 e. The van der Waals surface area contributed by atoms with Crippen LogP contribution in [0.3, 0.4) is 0 Å². The number of rotatable bonds is 5. The van der Waals surface area contributed by atoms with E-state index in [9.17, 15) is 0 Å². The van der Waals surface area contributed by atoms with Gasteiger partial charge in [-0.3, -0.25) is 0 Å². The van der Waals surface area contributed by atoms with Crippen molar-refractivity contribution in [3.63, 3.8) is 0 Å². The summed E-state index contributed by atoms with van der Waals surface area (Å²) in [5.74, 6) is 0. The molecule has 96 heavy (non-hydrogen) atoms. The second kappa shape index (κ2) is 18.6. The Morgan fingerprint density at radius 3 is 1.40 bits per heavy atom. The summed E-state index contributed by atoms with van der Waals surface area (Å²) in [4.78, 5) is 2.53. The van der Waals surface area contributed by atoms with E-state index in [0.29, 0.717) is 0 Å². The molecule has 0 saturated carbocycles. The number of benzene rings is 15. The van der Waals surface area contributed by atoms with E-state index in [1.54, 1.807) is 0 Å². The van der Waals surface area contributed by atoms with Crippen LogP contribution in [0.15, 0.2) is 318 Å². The van der Waals surface area contributed by atoms with Gasteiger partial charge in [-0.05, 0) is 218 Å². The van der Waals surface area contributed by atoms with E-state index >= 15 is 0 Å². The molecule has 0 atom stereocenters. The maximum Gasteiger partial charge on any atom is 0.143 e. The van der Waals surface area contributed by atoms with Crippen molar-refractivity contribution in [2.75, 3.05) is 4.90 Å². The monoisotopic (exact) mass is 1220 g/mol. The van der Waals surface area contributed by atoms with E-state index in [1.165, 1.54) is 144 Å². The molecule has 0 saturated heterocycles. The lowest BCUT2D eigenvalue weighted by molar-refractivity contribution is 0.657. The summed E-state index contributed by atoms with van der Waals surface area (Å²) in [5.41, 5.74) is 35.5. The van der Waals surface area contributed by atoms with Gasteiger partial charge in [-0.15, -0.1) is 0 Å². The van der Waals surface area contributed by atoms with E-state index < -0.39 is 16.2 Å². The molecule has 0 amide bonds. The first-order chi connectivity index (χ1) is 47.3. The molecule has 3 heteroatoms. The van der Waals surface area contributed by atoms with E-state index in [4.69, 9.17) is 8.83 Å². The minimum absolute atomic E-state index is 0.395. The molecule has 17 aromatic rings. The highest BCUT2D eigenvalue weighted by Gasteiger charge is 2.57. The van der Waals surface area contributed by atoms with Gasteiger partial charge < -0.3 is 13.7 Å². The average molecular weight is 1220 g/mol. The predicted octanol–water partition coefficient (Wildman–Crippen LogP) is 24.4. The normalized spacial score (nSPS) is 14.6. The van der Waals surface area contributed by atoms with Crippen molar-refractivity contribution < 1.29 is 8.83 Å². The first kappa shape index (κ1) is 52.5. The molecule has 0 bridgehead atoms. The molecule has 0 fully saturated rings. The van der Waals surface area contributed by atoms with Crippen molar-refractivity contribution in [1.82, 2.24) is 0 Å². The van der Waals surface area contributed by atoms with Crippen LogP contribution in [0.1, 0.15) is 69.5 Å². The molecule has 2 spiro atoms. The first-order valence-electron chi connectivity index (χ1n) is 33.6. The molecule has 22 rings (SSSR count). The average Bonchev–Trinajstić information content (AvgIpc) is 1.49. The van der Waals surface area contributed by atoms with Crippen LogP contribution in [0, 0.1) is 0 Å². The molecule has 2 aromatic heterocycles. The van der Waals surface area contributed by atoms with Gasteiger partial charge in [0.05, 0.1) is 10.8 Å². The van der Waals surface area contributed by atoms with Crippen molar-refractivity contribution >= 4 is 71.7 Å². The number of hydrogen-bond donors (Lipinski definition) is 0. The number of fused-ring (bicyclic) bond motifs is 32. The summed E-state index contributed by atoms with van der Waals surface area (Å²) in [5, 5.41) is 7.04. The number of para-hydroxylation sites is 2. The second-order valence-electron chi connectivity index (χ2n) is 27.6. The van der Waals surface area contributed by atoms with E-state index in [0.717, 1.165) is 61.3 Å². The number of hydrogen-bond acceptors (Lipinski definition) is 3. The molecule has 0 unspecified atom stereocenters. The van der Waals surface area contributed by atoms with Crippen LogP contribution >= 0.6 is 0 Å². The Balaban J connectivity index is 0.798. The summed E-state index contributed by atoms with van der Waals surface area (Å²) in [6, 6.07) is 117. The Morgan fingerprint density at radius 1 is 0.250 bits per heavy atom. The Bertz CT molecular complexity index is 6220. The van der Waals surface area contributed by atoms with Crippen molar-refractivity contribution in [3.8, 4) is 77.9 Å². The quantitative estimate of drug-likeness (QED) is 0.172. The molecule has 3 nitrogen and oxygen atoms in total. The molecule has 446 valence electrons. The van der Waals surface area contributed by atoms with Crippen LogP contribution in [0.5, 0.6) is 0 Å². The van der Waals surface area contributed by atoms with Gasteiger partial charge in [0.2, 0.25) is 0 Å². The maximum atomic E-state index is 7.03. The Kier molecular flexibility index (Phi) is 10.2. The molecule has 0 aliphatic heterocycles. The topological polar surface area (TPSA) is 29.5 Å². The zero-order valence-electron chi connectivity index (χ0n) is 52.7. The van der Waals surface area contributed by atoms with Gasteiger partial charge in [-0.1, -0.05) is 244 Å². The lowest BCUT2D eigenvalue weighted by atomic mass is 9.68. The van der Waals surface area contributed by atoms with E-state index in [-0.39, 0.29) is 0 Å². The fraction of sp³-hybridized carbons (Fsp3) is 0.0538. The third-order valence-electron chi connectivity index (χ3n) is 22.9. The van der Waals surface area contributed by atoms with Crippen LogP contribution in [-0.4, -0.2) is 0 Å². The smallest absolute Gasteiger partial charge is 0.143 e. The summed E-state index contributed by atoms with van der Waals surface area (Å²) in [7, 11) is 0. The number of anilines is 3. The number of nitrogens with zero attached hydrogens (tertiary/aromatic N) is 1. The van der Waals surface area contributed by atoms with Gasteiger partial charge in [0.15, 0.2) is 0 Å². The van der Waals surface area contributed by atoms with Crippen LogP contribution in [-0.2, 0) is 16.2 Å². The Morgan fingerprint density at radius 2 is 0.719 bits per heavy atom. The SMILES string of the molecule is CC1(C)c2cc(N(c3ccc(-c4ccccc4)cc3)c3ccc4c(c3)C3(c5ccccc5-c5ccccc53)c3cc5c(cc3-4)C3(c4ccccc4-c4ccccc43)c3ccc4oc6ccccc6c4c3-5)ccc2-c2c1cc(-c1ccc3ccccc3c1)c1oc3ccccc3c21. The summed E-state index contributed by atoms with van der Waals surface area (Å²) >= 11 is 0. The van der Waals surface area contributed by atoms with Crippen LogP contribution in [0.25, 0.3) is 133 Å². The second-order valence-corrected chi connectivity index (χ2v) is 27.6. The Labute approximate surface area is 555 Å². The van der Waals surface area contributed by atoms with Crippen molar-refractivity contribution in [3.05, 3.63) is 365 Å². The van der Waals surface area contributed by atoms with E-state index in [2.05, 4.69) is 328 Å². The summed E-state index contributed by atoms with van der Waals surface area (Å²) < 4.78 is 13.9. The fourth-order valence-corrected chi connectivity index (χ4v) is 18.9. The molecule has 0 radical (unpaired) electrons. The molecule has 0 N–H and O–H groups in total. The molecule has 15 aromatic carbocycles. The van der Waals surface area contributed by atoms with Crippen LogP contribution in [0.2, 0.25) is 0 Å². The van der Waals surface area contributed by atoms with Gasteiger partial charge in [0.1, 0.15) is 22.3 Å². The molecule has 2 heterocycles.